The van der Waals surface area contributed by atoms with Crippen LogP contribution < -0.4 is 16.8 Å². The lowest BCUT2D eigenvalue weighted by Crippen LogP contribution is -2.52. The van der Waals surface area contributed by atoms with Gasteiger partial charge in [0.15, 0.2) is 5.78 Å². The molecule has 0 aromatic heterocycles. The molecule has 4 rings (SSSR count). The average molecular weight is 509 g/mol. The molecule has 0 saturated heterocycles. The Balaban J connectivity index is 1.65. The van der Waals surface area contributed by atoms with Crippen LogP contribution in [0.5, 0.6) is 0 Å². The fourth-order valence-electron chi connectivity index (χ4n) is 4.21. The maximum absolute atomic E-state index is 13.5. The Morgan fingerprint density at radius 1 is 0.895 bits per heavy atom. The number of rotatable bonds is 9. The summed E-state index contributed by atoms with van der Waals surface area (Å²) in [6, 6.07) is 25.5. The van der Waals surface area contributed by atoms with Crippen molar-refractivity contribution in [3.05, 3.63) is 119 Å². The van der Waals surface area contributed by atoms with Crippen LogP contribution in [-0.4, -0.2) is 30.1 Å². The summed E-state index contributed by atoms with van der Waals surface area (Å²) in [4.78, 5) is 39.5. The van der Waals surface area contributed by atoms with Gasteiger partial charge in [0.25, 0.3) is 5.91 Å². The summed E-state index contributed by atoms with van der Waals surface area (Å²) >= 11 is 0. The average Bonchev–Trinajstić information content (AvgIpc) is 2.95. The third kappa shape index (κ3) is 5.16. The van der Waals surface area contributed by atoms with Gasteiger partial charge in [0.2, 0.25) is 5.54 Å². The Morgan fingerprint density at radius 2 is 1.61 bits per heavy atom. The van der Waals surface area contributed by atoms with Crippen LogP contribution in [-0.2, 0) is 21.6 Å². The molecule has 4 aromatic carbocycles. The van der Waals surface area contributed by atoms with Gasteiger partial charge in [-0.1, -0.05) is 78.9 Å². The fraction of sp³-hybridized carbons (Fsp3) is 0.133. The number of nitrogens with one attached hydrogen (secondary N) is 2. The van der Waals surface area contributed by atoms with Gasteiger partial charge in [-0.15, -0.1) is 0 Å². The number of carbonyl (C=O) groups is 3. The Bertz CT molecular complexity index is 1520. The highest BCUT2D eigenvalue weighted by atomic mass is 16.5. The van der Waals surface area contributed by atoms with E-state index in [1.807, 2.05) is 0 Å². The second kappa shape index (κ2) is 11.1. The van der Waals surface area contributed by atoms with Gasteiger partial charge in [-0.25, -0.2) is 4.79 Å². The number of Topliss-reactive ketones (excluding diaryl/α,β-unsaturated/α-hetero) is 1. The molecule has 8 heteroatoms. The molecule has 0 aliphatic rings. The van der Waals surface area contributed by atoms with Crippen molar-refractivity contribution >= 4 is 34.3 Å². The molecule has 0 spiro atoms. The Kier molecular flexibility index (Phi) is 7.64. The third-order valence-corrected chi connectivity index (χ3v) is 6.29. The van der Waals surface area contributed by atoms with Crippen molar-refractivity contribution in [2.45, 2.75) is 19.0 Å². The zero-order valence-corrected chi connectivity index (χ0v) is 20.9. The van der Waals surface area contributed by atoms with Crippen molar-refractivity contribution in [2.75, 3.05) is 6.61 Å². The lowest BCUT2D eigenvalue weighted by Gasteiger charge is -2.26. The largest absolute Gasteiger partial charge is 0.464 e. The maximum Gasteiger partial charge on any atom is 0.339 e. The molecule has 0 aliphatic carbocycles. The first-order chi connectivity index (χ1) is 18.3. The molecule has 1 unspecified atom stereocenters. The van der Waals surface area contributed by atoms with Gasteiger partial charge in [0.05, 0.1) is 6.61 Å². The number of nitrogens with two attached hydrogens (primary N) is 2. The number of benzene rings is 4. The molecule has 0 fully saturated rings. The van der Waals surface area contributed by atoms with Crippen molar-refractivity contribution in [3.8, 4) is 0 Å². The molecule has 0 bridgehead atoms. The molecule has 0 heterocycles. The monoisotopic (exact) mass is 508 g/mol. The lowest BCUT2D eigenvalue weighted by molar-refractivity contribution is -0.147. The first-order valence-electron chi connectivity index (χ1n) is 12.1. The fourth-order valence-corrected chi connectivity index (χ4v) is 4.21. The summed E-state index contributed by atoms with van der Waals surface area (Å²) in [7, 11) is 0. The SMILES string of the molecule is CCOC(=O)C(N)(C(=O)c1ccccc1)c1ccc2c(C(=O)NCc3ccc(C(=N)N)cc3)cccc2c1. The maximum atomic E-state index is 13.5. The first-order valence-corrected chi connectivity index (χ1v) is 12.1. The highest BCUT2D eigenvalue weighted by molar-refractivity contribution is 6.17. The van der Waals surface area contributed by atoms with Crippen LogP contribution in [0.2, 0.25) is 0 Å². The second-order valence-electron chi connectivity index (χ2n) is 8.76. The van der Waals surface area contributed by atoms with Gasteiger partial charge in [0, 0.05) is 23.2 Å². The molecule has 0 radical (unpaired) electrons. The van der Waals surface area contributed by atoms with Crippen molar-refractivity contribution in [3.63, 3.8) is 0 Å². The molecule has 8 nitrogen and oxygen atoms in total. The van der Waals surface area contributed by atoms with Gasteiger partial charge in [-0.3, -0.25) is 15.0 Å². The number of hydrogen-bond donors (Lipinski definition) is 4. The number of fused-ring (bicyclic) bond motifs is 1. The minimum atomic E-state index is -2.06. The summed E-state index contributed by atoms with van der Waals surface area (Å²) in [5.74, 6) is -1.74. The predicted molar refractivity (Wildman–Crippen MR) is 146 cm³/mol. The van der Waals surface area contributed by atoms with E-state index in [4.69, 9.17) is 21.6 Å². The smallest absolute Gasteiger partial charge is 0.339 e. The Hall–Kier alpha value is -4.82. The molecular weight excluding hydrogens is 480 g/mol. The van der Waals surface area contributed by atoms with Gasteiger partial charge < -0.3 is 21.5 Å². The number of ketones is 1. The quantitative estimate of drug-likeness (QED) is 0.0892. The van der Waals surface area contributed by atoms with Crippen LogP contribution >= 0.6 is 0 Å². The number of esters is 1. The molecule has 0 saturated carbocycles. The highest BCUT2D eigenvalue weighted by Gasteiger charge is 2.45. The second-order valence-corrected chi connectivity index (χ2v) is 8.76. The minimum Gasteiger partial charge on any atom is -0.464 e. The minimum absolute atomic E-state index is 0.0226. The summed E-state index contributed by atoms with van der Waals surface area (Å²) in [6.45, 7) is 2.00. The van der Waals surface area contributed by atoms with Gasteiger partial charge in [0.1, 0.15) is 5.84 Å². The van der Waals surface area contributed by atoms with Crippen LogP contribution in [0.4, 0.5) is 0 Å². The van der Waals surface area contributed by atoms with E-state index in [1.165, 1.54) is 0 Å². The predicted octanol–water partition coefficient (Wildman–Crippen LogP) is 3.65. The van der Waals surface area contributed by atoms with Gasteiger partial charge in [-0.05, 0) is 41.0 Å². The van der Waals surface area contributed by atoms with Crippen LogP contribution in [0.1, 0.15) is 44.3 Å². The third-order valence-electron chi connectivity index (χ3n) is 6.29. The molecule has 192 valence electrons. The standard InChI is InChI=1S/C30H28N4O4/c1-2-38-29(37)30(33,26(35)20-7-4-3-5-8-20)23-15-16-24-22(17-23)9-6-10-25(24)28(36)34-18-19-11-13-21(14-12-19)27(31)32/h3-17H,2,18,33H2,1H3,(H3,31,32)(H,34,36). The van der Waals surface area contributed by atoms with E-state index in [0.717, 1.165) is 5.56 Å². The number of nitrogen functional groups attached to an aromatic ring is 1. The number of ether oxygens (including phenoxy) is 1. The Labute approximate surface area is 220 Å². The summed E-state index contributed by atoms with van der Waals surface area (Å²) in [5.41, 5.74) is 12.4. The first kappa shape index (κ1) is 26.2. The van der Waals surface area contributed by atoms with E-state index < -0.39 is 17.3 Å². The van der Waals surface area contributed by atoms with Crippen molar-refractivity contribution in [1.29, 1.82) is 5.41 Å². The topological polar surface area (TPSA) is 148 Å². The van der Waals surface area contributed by atoms with Crippen LogP contribution in [0.15, 0.2) is 91.0 Å². The molecule has 0 aliphatic heterocycles. The number of carbonyl (C=O) groups excluding carboxylic acids is 3. The van der Waals surface area contributed by atoms with E-state index in [1.54, 1.807) is 97.9 Å². The highest BCUT2D eigenvalue weighted by Crippen LogP contribution is 2.30. The lowest BCUT2D eigenvalue weighted by atomic mass is 9.82. The normalized spacial score (nSPS) is 12.4. The molecule has 6 N–H and O–H groups in total. The van der Waals surface area contributed by atoms with E-state index in [-0.39, 0.29) is 36.0 Å². The molecular formula is C30H28N4O4. The van der Waals surface area contributed by atoms with Crippen LogP contribution in [0, 0.1) is 5.41 Å². The van der Waals surface area contributed by atoms with Crippen molar-refractivity contribution < 1.29 is 19.1 Å². The Morgan fingerprint density at radius 3 is 2.26 bits per heavy atom. The zero-order chi connectivity index (χ0) is 27.3. The number of hydrogen-bond acceptors (Lipinski definition) is 6. The molecule has 1 atom stereocenters. The molecule has 4 aromatic rings. The van der Waals surface area contributed by atoms with Gasteiger partial charge in [-0.2, -0.15) is 0 Å². The summed E-state index contributed by atoms with van der Waals surface area (Å²) in [6.07, 6.45) is 0. The molecule has 1 amide bonds. The summed E-state index contributed by atoms with van der Waals surface area (Å²) < 4.78 is 5.20. The zero-order valence-electron chi connectivity index (χ0n) is 20.9. The van der Waals surface area contributed by atoms with Crippen molar-refractivity contribution in [1.82, 2.24) is 5.32 Å². The van der Waals surface area contributed by atoms with Crippen molar-refractivity contribution in [2.24, 2.45) is 11.5 Å². The molecule has 38 heavy (non-hydrogen) atoms. The van der Waals surface area contributed by atoms with E-state index in [9.17, 15) is 14.4 Å². The number of amides is 1. The van der Waals surface area contributed by atoms with E-state index >= 15 is 0 Å². The van der Waals surface area contributed by atoms with Crippen LogP contribution in [0.3, 0.4) is 0 Å². The van der Waals surface area contributed by atoms with Gasteiger partial charge >= 0.3 is 5.97 Å². The van der Waals surface area contributed by atoms with Crippen LogP contribution in [0.25, 0.3) is 10.8 Å². The van der Waals surface area contributed by atoms with E-state index in [0.29, 0.717) is 21.9 Å². The summed E-state index contributed by atoms with van der Waals surface area (Å²) in [5, 5.41) is 11.7. The van der Waals surface area contributed by atoms with E-state index in [2.05, 4.69) is 5.32 Å². The number of amidine groups is 1.